The van der Waals surface area contributed by atoms with Gasteiger partial charge in [0.2, 0.25) is 5.78 Å². The van der Waals surface area contributed by atoms with Crippen molar-refractivity contribution in [3.8, 4) is 5.75 Å². The number of phenolic OH excluding ortho intramolecular Hbond substituents is 1. The van der Waals surface area contributed by atoms with E-state index < -0.39 is 39.9 Å². The molecule has 0 saturated heterocycles. The zero-order valence-electron chi connectivity index (χ0n) is 16.7. The van der Waals surface area contributed by atoms with Crippen molar-refractivity contribution in [2.75, 3.05) is 6.54 Å². The summed E-state index contributed by atoms with van der Waals surface area (Å²) in [6, 6.07) is 9.21. The third kappa shape index (κ3) is 3.52. The van der Waals surface area contributed by atoms with Crippen molar-refractivity contribution >= 4 is 44.3 Å². The third-order valence-corrected chi connectivity index (χ3v) is 5.72. The Balaban J connectivity index is 1.85. The summed E-state index contributed by atoms with van der Waals surface area (Å²) >= 11 is 3.35. The second-order valence-electron chi connectivity index (χ2n) is 7.29. The average molecular weight is 501 g/mol. The number of hydrogen-bond acceptors (Lipinski definition) is 7. The number of aliphatic hydroxyl groups is 1. The van der Waals surface area contributed by atoms with E-state index in [2.05, 4.69) is 15.9 Å². The van der Waals surface area contributed by atoms with Crippen molar-refractivity contribution in [1.82, 2.24) is 4.90 Å². The highest BCUT2D eigenvalue weighted by molar-refractivity contribution is 9.10. The van der Waals surface area contributed by atoms with E-state index in [0.717, 1.165) is 16.6 Å². The molecule has 1 aliphatic heterocycles. The van der Waals surface area contributed by atoms with Gasteiger partial charge in [-0.15, -0.1) is 0 Å². The Hall–Kier alpha value is -3.66. The number of ketones is 1. The zero-order chi connectivity index (χ0) is 23.2. The molecule has 3 aromatic rings. The highest BCUT2D eigenvalue weighted by atomic mass is 79.9. The molecule has 0 bridgehead atoms. The number of halogens is 1. The van der Waals surface area contributed by atoms with Gasteiger partial charge in [0.15, 0.2) is 17.3 Å². The van der Waals surface area contributed by atoms with Crippen molar-refractivity contribution in [1.29, 1.82) is 0 Å². The van der Waals surface area contributed by atoms with Gasteiger partial charge in [-0.2, -0.15) is 0 Å². The lowest BCUT2D eigenvalue weighted by molar-refractivity contribution is -0.385. The quantitative estimate of drug-likeness (QED) is 0.282. The van der Waals surface area contributed by atoms with E-state index >= 15 is 0 Å². The normalized spacial score (nSPS) is 16.2. The highest BCUT2D eigenvalue weighted by Gasteiger charge is 2.44. The SMILES string of the molecule is CCCN1C(=O)C(O)=C(C(=O)c2cc3cc(Br)ccc3o2)C1c1ccc(O)c([N+](=O)[O-])c1. The Kier molecular flexibility index (Phi) is 5.47. The molecule has 2 N–H and O–H groups in total. The molecule has 1 aliphatic rings. The number of amides is 1. The lowest BCUT2D eigenvalue weighted by Gasteiger charge is -2.26. The first-order chi connectivity index (χ1) is 15.2. The Morgan fingerprint density at radius 1 is 1.22 bits per heavy atom. The summed E-state index contributed by atoms with van der Waals surface area (Å²) in [7, 11) is 0. The first-order valence-corrected chi connectivity index (χ1v) is 10.5. The predicted molar refractivity (Wildman–Crippen MR) is 117 cm³/mol. The molecular formula is C22H17BrN2O7. The van der Waals surface area contributed by atoms with Gasteiger partial charge in [-0.1, -0.05) is 28.9 Å². The minimum absolute atomic E-state index is 0.0796. The molecule has 0 spiro atoms. The molecule has 164 valence electrons. The van der Waals surface area contributed by atoms with Crippen LogP contribution in [0.1, 0.15) is 35.5 Å². The summed E-state index contributed by atoms with van der Waals surface area (Å²) in [5.74, 6) is -2.82. The summed E-state index contributed by atoms with van der Waals surface area (Å²) in [5, 5.41) is 32.4. The minimum Gasteiger partial charge on any atom is -0.503 e. The topological polar surface area (TPSA) is 134 Å². The molecular weight excluding hydrogens is 484 g/mol. The fraction of sp³-hybridized carbons (Fsp3) is 0.182. The van der Waals surface area contributed by atoms with E-state index in [1.54, 1.807) is 18.2 Å². The summed E-state index contributed by atoms with van der Waals surface area (Å²) in [4.78, 5) is 38.0. The van der Waals surface area contributed by atoms with Gasteiger partial charge in [0, 0.05) is 22.5 Å². The van der Waals surface area contributed by atoms with E-state index in [9.17, 15) is 29.9 Å². The number of furan rings is 1. The summed E-state index contributed by atoms with van der Waals surface area (Å²) in [6.07, 6.45) is 0.524. The van der Waals surface area contributed by atoms with Crippen molar-refractivity contribution in [2.24, 2.45) is 0 Å². The van der Waals surface area contributed by atoms with Gasteiger partial charge in [0.25, 0.3) is 5.91 Å². The molecule has 1 amide bonds. The maximum absolute atomic E-state index is 13.4. The Morgan fingerprint density at radius 2 is 1.97 bits per heavy atom. The van der Waals surface area contributed by atoms with Crippen LogP contribution < -0.4 is 0 Å². The molecule has 10 heteroatoms. The second-order valence-corrected chi connectivity index (χ2v) is 8.21. The van der Waals surface area contributed by atoms with Crippen LogP contribution in [-0.2, 0) is 4.79 Å². The molecule has 32 heavy (non-hydrogen) atoms. The Bertz CT molecular complexity index is 1310. The number of nitro groups is 1. The van der Waals surface area contributed by atoms with E-state index in [1.807, 2.05) is 6.92 Å². The number of benzene rings is 2. The van der Waals surface area contributed by atoms with Gasteiger partial charge in [0.05, 0.1) is 16.5 Å². The van der Waals surface area contributed by atoms with Gasteiger partial charge in [0.1, 0.15) is 5.58 Å². The first kappa shape index (κ1) is 21.6. The molecule has 2 heterocycles. The second kappa shape index (κ2) is 8.12. The monoisotopic (exact) mass is 500 g/mol. The Labute approximate surface area is 189 Å². The summed E-state index contributed by atoms with van der Waals surface area (Å²) < 4.78 is 6.43. The fourth-order valence-corrected chi connectivity index (χ4v) is 4.20. The molecule has 1 unspecified atom stereocenters. The lowest BCUT2D eigenvalue weighted by atomic mass is 9.94. The smallest absolute Gasteiger partial charge is 0.311 e. The zero-order valence-corrected chi connectivity index (χ0v) is 18.3. The van der Waals surface area contributed by atoms with Gasteiger partial charge < -0.3 is 19.5 Å². The van der Waals surface area contributed by atoms with Gasteiger partial charge in [-0.05, 0) is 42.3 Å². The standard InChI is InChI=1S/C22H17BrN2O7/c1-2-7-24-19(11-3-5-15(26)14(9-11)25(30)31)18(21(28)22(24)29)20(27)17-10-12-8-13(23)4-6-16(12)32-17/h3-6,8-10,19,26,28H,2,7H2,1H3. The lowest BCUT2D eigenvalue weighted by Crippen LogP contribution is -2.31. The molecule has 1 aromatic heterocycles. The molecule has 9 nitrogen and oxygen atoms in total. The number of phenols is 1. The first-order valence-electron chi connectivity index (χ1n) is 9.68. The van der Waals surface area contributed by atoms with E-state index in [1.165, 1.54) is 17.0 Å². The molecule has 0 saturated carbocycles. The number of fused-ring (bicyclic) bond motifs is 1. The molecule has 1 atom stereocenters. The average Bonchev–Trinajstić information content (AvgIpc) is 3.28. The number of aromatic hydroxyl groups is 1. The molecule has 0 fully saturated rings. The van der Waals surface area contributed by atoms with Crippen molar-refractivity contribution in [3.05, 3.63) is 79.7 Å². The molecule has 0 aliphatic carbocycles. The summed E-state index contributed by atoms with van der Waals surface area (Å²) in [5.41, 5.74) is -0.148. The Morgan fingerprint density at radius 3 is 2.66 bits per heavy atom. The largest absolute Gasteiger partial charge is 0.503 e. The number of carbonyl (C=O) groups is 2. The van der Waals surface area contributed by atoms with E-state index in [-0.39, 0.29) is 23.4 Å². The third-order valence-electron chi connectivity index (χ3n) is 5.23. The van der Waals surface area contributed by atoms with Gasteiger partial charge >= 0.3 is 5.69 Å². The van der Waals surface area contributed by atoms with Crippen LogP contribution in [0.25, 0.3) is 11.0 Å². The van der Waals surface area contributed by atoms with Crippen LogP contribution in [0.15, 0.2) is 62.7 Å². The predicted octanol–water partition coefficient (Wildman–Crippen LogP) is 4.80. The van der Waals surface area contributed by atoms with Crippen LogP contribution in [0.5, 0.6) is 5.75 Å². The van der Waals surface area contributed by atoms with Crippen LogP contribution in [0.2, 0.25) is 0 Å². The van der Waals surface area contributed by atoms with Gasteiger partial charge in [-0.3, -0.25) is 19.7 Å². The number of nitro benzene ring substituents is 1. The van der Waals surface area contributed by atoms with Crippen LogP contribution >= 0.6 is 15.9 Å². The van der Waals surface area contributed by atoms with E-state index in [0.29, 0.717) is 17.4 Å². The van der Waals surface area contributed by atoms with Crippen LogP contribution in [0, 0.1) is 10.1 Å². The van der Waals surface area contributed by atoms with Crippen LogP contribution in [-0.4, -0.2) is 38.3 Å². The maximum atomic E-state index is 13.4. The van der Waals surface area contributed by atoms with Crippen molar-refractivity contribution in [3.63, 3.8) is 0 Å². The van der Waals surface area contributed by atoms with Crippen LogP contribution in [0.3, 0.4) is 0 Å². The number of nitrogens with zero attached hydrogens (tertiary/aromatic N) is 2. The highest BCUT2D eigenvalue weighted by Crippen LogP contribution is 2.42. The maximum Gasteiger partial charge on any atom is 0.311 e. The molecule has 0 radical (unpaired) electrons. The summed E-state index contributed by atoms with van der Waals surface area (Å²) in [6.45, 7) is 2.02. The number of Topliss-reactive ketones (excluding diaryl/α,β-unsaturated/α-hetero) is 1. The number of aliphatic hydroxyl groups excluding tert-OH is 1. The van der Waals surface area contributed by atoms with Crippen molar-refractivity contribution in [2.45, 2.75) is 19.4 Å². The van der Waals surface area contributed by atoms with Crippen LogP contribution in [0.4, 0.5) is 5.69 Å². The van der Waals surface area contributed by atoms with Crippen molar-refractivity contribution < 1.29 is 29.1 Å². The number of hydrogen-bond donors (Lipinski definition) is 2. The minimum atomic E-state index is -1.07. The van der Waals surface area contributed by atoms with E-state index in [4.69, 9.17) is 4.42 Å². The molecule has 4 rings (SSSR count). The van der Waals surface area contributed by atoms with Gasteiger partial charge in [-0.25, -0.2) is 0 Å². The fourth-order valence-electron chi connectivity index (χ4n) is 3.82. The number of carbonyl (C=O) groups excluding carboxylic acids is 2. The number of rotatable bonds is 6. The molecule has 2 aromatic carbocycles.